The van der Waals surface area contributed by atoms with Gasteiger partial charge >= 0.3 is 5.97 Å². The van der Waals surface area contributed by atoms with Crippen molar-refractivity contribution in [2.75, 3.05) is 34.2 Å². The molecule has 0 spiro atoms. The van der Waals surface area contributed by atoms with Gasteiger partial charge in [0, 0.05) is 30.2 Å². The van der Waals surface area contributed by atoms with E-state index < -0.39 is 32.5 Å². The number of rotatable bonds is 9. The number of fused-ring (bicyclic) bond motifs is 2. The number of benzene rings is 2. The van der Waals surface area contributed by atoms with Gasteiger partial charge in [0.25, 0.3) is 0 Å². The second-order valence-corrected chi connectivity index (χ2v) is 16.9. The molecule has 2 aromatic carbocycles. The smallest absolute Gasteiger partial charge is 0.312 e. The first kappa shape index (κ1) is 29.3. The van der Waals surface area contributed by atoms with E-state index in [0.29, 0.717) is 34.3 Å². The highest BCUT2D eigenvalue weighted by atomic mass is 28.4. The molecule has 5 rings (SSSR count). The van der Waals surface area contributed by atoms with Crippen LogP contribution >= 0.6 is 0 Å². The number of ether oxygens (including phenoxy) is 7. The molecule has 9 nitrogen and oxygen atoms in total. The minimum Gasteiger partial charge on any atom is -0.496 e. The molecule has 1 fully saturated rings. The quantitative estimate of drug-likeness (QED) is 0.200. The Hall–Kier alpha value is -3.21. The first-order chi connectivity index (χ1) is 19.5. The molecule has 0 unspecified atom stereocenters. The monoisotopic (exact) mass is 584 g/mol. The molecule has 0 aromatic heterocycles. The Bertz CT molecular complexity index is 1300. The second-order valence-electron chi connectivity index (χ2n) is 12.2. The van der Waals surface area contributed by atoms with Gasteiger partial charge in [0.2, 0.25) is 6.79 Å². The van der Waals surface area contributed by atoms with Crippen LogP contribution in [0.5, 0.6) is 28.7 Å². The minimum absolute atomic E-state index is 0.0973. The lowest BCUT2D eigenvalue weighted by atomic mass is 9.86. The molecular weight excluding hydrogens is 544 g/mol. The molecule has 1 saturated heterocycles. The minimum atomic E-state index is -2.36. The molecule has 0 saturated carbocycles. The Kier molecular flexibility index (Phi) is 8.02. The number of carbonyl (C=O) groups excluding carboxylic acids is 1. The summed E-state index contributed by atoms with van der Waals surface area (Å²) in [6.07, 6.45) is 0.213. The van der Waals surface area contributed by atoms with E-state index in [1.807, 2.05) is 24.3 Å². The Morgan fingerprint density at radius 1 is 1.02 bits per heavy atom. The van der Waals surface area contributed by atoms with Crippen molar-refractivity contribution in [2.45, 2.75) is 57.2 Å². The molecule has 0 bridgehead atoms. The number of methoxy groups -OCH3 is 2. The number of hydrogen-bond donors (Lipinski definition) is 0. The number of esters is 1. The van der Waals surface area contributed by atoms with Gasteiger partial charge < -0.3 is 37.6 Å². The maximum atomic E-state index is 13.1. The van der Waals surface area contributed by atoms with Gasteiger partial charge in [-0.3, -0.25) is 4.79 Å². The Morgan fingerprint density at radius 3 is 2.44 bits per heavy atom. The zero-order valence-corrected chi connectivity index (χ0v) is 25.9. The summed E-state index contributed by atoms with van der Waals surface area (Å²) in [5.74, 6) is 1.83. The topological polar surface area (TPSA) is 90.9 Å². The highest BCUT2D eigenvalue weighted by Gasteiger charge is 2.49. The fourth-order valence-electron chi connectivity index (χ4n) is 5.18. The summed E-state index contributed by atoms with van der Waals surface area (Å²) in [4.78, 5) is 13.1. The molecule has 0 aliphatic carbocycles. The molecule has 10 heteroatoms. The van der Waals surface area contributed by atoms with Gasteiger partial charge in [-0.15, -0.1) is 6.58 Å². The molecule has 3 aliphatic rings. The molecule has 0 radical (unpaired) electrons. The third kappa shape index (κ3) is 5.52. The molecule has 3 aliphatic heterocycles. The molecule has 0 N–H and O–H groups in total. The van der Waals surface area contributed by atoms with E-state index in [4.69, 9.17) is 37.6 Å². The van der Waals surface area contributed by atoms with Crippen LogP contribution in [0.15, 0.2) is 43.0 Å². The van der Waals surface area contributed by atoms with Crippen LogP contribution in [0.1, 0.15) is 44.1 Å². The summed E-state index contributed by atoms with van der Waals surface area (Å²) < 4.78 is 48.0. The molecule has 2 aromatic rings. The van der Waals surface area contributed by atoms with Crippen molar-refractivity contribution in [3.05, 3.63) is 54.1 Å². The van der Waals surface area contributed by atoms with Gasteiger partial charge in [-0.05, 0) is 36.3 Å². The van der Waals surface area contributed by atoms with Gasteiger partial charge in [0.1, 0.15) is 5.75 Å². The third-order valence-electron chi connectivity index (χ3n) is 8.54. The average Bonchev–Trinajstić information content (AvgIpc) is 3.55. The molecule has 5 atom stereocenters. The van der Waals surface area contributed by atoms with Crippen molar-refractivity contribution in [1.29, 1.82) is 0 Å². The van der Waals surface area contributed by atoms with E-state index in [-0.39, 0.29) is 36.9 Å². The number of cyclic esters (lactones) is 1. The third-order valence-corrected chi connectivity index (χ3v) is 13.0. The first-order valence-electron chi connectivity index (χ1n) is 13.9. The van der Waals surface area contributed by atoms with Gasteiger partial charge in [-0.2, -0.15) is 0 Å². The first-order valence-corrected chi connectivity index (χ1v) is 16.8. The molecule has 41 heavy (non-hydrogen) atoms. The van der Waals surface area contributed by atoms with E-state index in [1.54, 1.807) is 26.4 Å². The van der Waals surface area contributed by atoms with Crippen LogP contribution in [0.3, 0.4) is 0 Å². The SMILES string of the molecule is C=C[C@H]1COC(=O)[C@@H]1[C@@H](O[Si](C)(C)C(C)(C)C)c1cc2c(cc1OC)O[C@H](c1ccc3c(c1)OCO3)[C@@H](COC)O2. The molecule has 3 heterocycles. The standard InChI is InChI=1S/C31H40O9Si/c1-9-18-15-35-30(32)27(18)29(40-41(7,8)31(2,3)4)20-13-24-25(14-22(20)34-6)39-28(26(38-24)16-33-5)19-10-11-21-23(12-19)37-17-36-21/h9-14,18,26-29H,1,15-17H2,2-8H3/t18-,26+,27-,28+,29-/m0/s1. The van der Waals surface area contributed by atoms with E-state index in [0.717, 1.165) is 5.56 Å². The van der Waals surface area contributed by atoms with Crippen LogP contribution in [0, 0.1) is 11.8 Å². The molecular formula is C31H40O9Si. The Balaban J connectivity index is 1.57. The highest BCUT2D eigenvalue weighted by molar-refractivity contribution is 6.74. The summed E-state index contributed by atoms with van der Waals surface area (Å²) in [6, 6.07) is 9.38. The van der Waals surface area contributed by atoms with E-state index in [1.165, 1.54) is 0 Å². The second kappa shape index (κ2) is 11.2. The average molecular weight is 585 g/mol. The lowest BCUT2D eigenvalue weighted by Crippen LogP contribution is -2.44. The summed E-state index contributed by atoms with van der Waals surface area (Å²) >= 11 is 0. The van der Waals surface area contributed by atoms with E-state index in [2.05, 4.69) is 40.4 Å². The van der Waals surface area contributed by atoms with Crippen molar-refractivity contribution in [2.24, 2.45) is 11.8 Å². The van der Waals surface area contributed by atoms with Crippen LogP contribution in [-0.4, -0.2) is 54.6 Å². The maximum absolute atomic E-state index is 13.1. The van der Waals surface area contributed by atoms with Crippen LogP contribution < -0.4 is 23.7 Å². The van der Waals surface area contributed by atoms with Crippen LogP contribution in [0.2, 0.25) is 18.1 Å². The summed E-state index contributed by atoms with van der Waals surface area (Å²) in [7, 11) is 0.858. The predicted molar refractivity (Wildman–Crippen MR) is 154 cm³/mol. The summed E-state index contributed by atoms with van der Waals surface area (Å²) in [6.45, 7) is 15.5. The van der Waals surface area contributed by atoms with Crippen molar-refractivity contribution in [3.63, 3.8) is 0 Å². The van der Waals surface area contributed by atoms with Crippen LogP contribution in [0.25, 0.3) is 0 Å². The van der Waals surface area contributed by atoms with E-state index in [9.17, 15) is 4.79 Å². The number of carbonyl (C=O) groups is 1. The summed E-state index contributed by atoms with van der Waals surface area (Å²) in [5.41, 5.74) is 1.57. The van der Waals surface area contributed by atoms with Crippen molar-refractivity contribution in [3.8, 4) is 28.7 Å². The van der Waals surface area contributed by atoms with Gasteiger partial charge in [0.05, 0.1) is 32.3 Å². The lowest BCUT2D eigenvalue weighted by Gasteiger charge is -2.41. The number of hydrogen-bond acceptors (Lipinski definition) is 9. The maximum Gasteiger partial charge on any atom is 0.312 e. The van der Waals surface area contributed by atoms with Gasteiger partial charge in [-0.25, -0.2) is 0 Å². The van der Waals surface area contributed by atoms with Crippen LogP contribution in [-0.2, 0) is 18.7 Å². The Morgan fingerprint density at radius 2 is 1.76 bits per heavy atom. The normalized spacial score (nSPS) is 24.1. The Labute approximate surface area is 242 Å². The highest BCUT2D eigenvalue weighted by Crippen LogP contribution is 2.51. The van der Waals surface area contributed by atoms with Crippen molar-refractivity contribution < 1.29 is 42.4 Å². The van der Waals surface area contributed by atoms with Crippen molar-refractivity contribution >= 4 is 14.3 Å². The van der Waals surface area contributed by atoms with Crippen LogP contribution in [0.4, 0.5) is 0 Å². The van der Waals surface area contributed by atoms with Crippen molar-refractivity contribution in [1.82, 2.24) is 0 Å². The fraction of sp³-hybridized carbons (Fsp3) is 0.516. The van der Waals surface area contributed by atoms with Gasteiger partial charge in [-0.1, -0.05) is 32.9 Å². The molecule has 222 valence electrons. The predicted octanol–water partition coefficient (Wildman–Crippen LogP) is 5.99. The fourth-order valence-corrected chi connectivity index (χ4v) is 6.44. The van der Waals surface area contributed by atoms with E-state index >= 15 is 0 Å². The van der Waals surface area contributed by atoms with Gasteiger partial charge in [0.15, 0.2) is 43.5 Å². The summed E-state index contributed by atoms with van der Waals surface area (Å²) in [5, 5.41) is -0.0973. The largest absolute Gasteiger partial charge is 0.496 e. The lowest BCUT2D eigenvalue weighted by molar-refractivity contribution is -0.144. The zero-order chi connectivity index (χ0) is 29.5. The zero-order valence-electron chi connectivity index (χ0n) is 24.9. The molecule has 0 amide bonds.